The van der Waals surface area contributed by atoms with E-state index in [0.717, 1.165) is 19.4 Å². The second kappa shape index (κ2) is 5.57. The van der Waals surface area contributed by atoms with Crippen molar-refractivity contribution in [2.45, 2.75) is 23.9 Å². The van der Waals surface area contributed by atoms with Gasteiger partial charge in [0.05, 0.1) is 17.4 Å². The quantitative estimate of drug-likeness (QED) is 0.656. The highest BCUT2D eigenvalue weighted by Gasteiger charge is 2.37. The van der Waals surface area contributed by atoms with Crippen molar-refractivity contribution >= 4 is 21.7 Å². The standard InChI is InChI=1S/C16H15N3O4S/c20-16(11-3-1-7-17-10-11)23-12-5-6-13-14(9-12)24(21,22)18-15-4-2-8-19(13)15/h1,3,5-7,9-10,15,18H,2,4,8H2. The number of hydrogen-bond donors (Lipinski definition) is 1. The maximum atomic E-state index is 12.4. The summed E-state index contributed by atoms with van der Waals surface area (Å²) in [6, 6.07) is 7.91. The number of ether oxygens (including phenoxy) is 1. The average molecular weight is 345 g/mol. The third-order valence-electron chi connectivity index (χ3n) is 4.18. The van der Waals surface area contributed by atoms with Gasteiger partial charge in [0.25, 0.3) is 0 Å². The monoisotopic (exact) mass is 345 g/mol. The lowest BCUT2D eigenvalue weighted by Gasteiger charge is -2.33. The summed E-state index contributed by atoms with van der Waals surface area (Å²) in [4.78, 5) is 18.1. The Morgan fingerprint density at radius 3 is 3.00 bits per heavy atom. The first-order chi connectivity index (χ1) is 11.5. The molecule has 1 saturated heterocycles. The minimum Gasteiger partial charge on any atom is -0.423 e. The number of anilines is 1. The number of nitrogens with one attached hydrogen (secondary N) is 1. The number of hydrogen-bond acceptors (Lipinski definition) is 6. The smallest absolute Gasteiger partial charge is 0.345 e. The van der Waals surface area contributed by atoms with Gasteiger partial charge in [-0.1, -0.05) is 0 Å². The van der Waals surface area contributed by atoms with Gasteiger partial charge in [0.2, 0.25) is 10.0 Å². The van der Waals surface area contributed by atoms with Gasteiger partial charge in [-0.3, -0.25) is 4.98 Å². The van der Waals surface area contributed by atoms with Gasteiger partial charge in [-0.05, 0) is 37.1 Å². The molecule has 24 heavy (non-hydrogen) atoms. The Balaban J connectivity index is 1.67. The average Bonchev–Trinajstić information content (AvgIpc) is 3.03. The van der Waals surface area contributed by atoms with Crippen molar-refractivity contribution in [3.8, 4) is 5.75 Å². The molecule has 2 aliphatic rings. The highest BCUT2D eigenvalue weighted by atomic mass is 32.2. The molecule has 7 nitrogen and oxygen atoms in total. The van der Waals surface area contributed by atoms with Crippen LogP contribution in [0.5, 0.6) is 5.75 Å². The molecule has 0 bridgehead atoms. The molecule has 2 aliphatic heterocycles. The minimum absolute atomic E-state index is 0.136. The highest BCUT2D eigenvalue weighted by Crippen LogP contribution is 2.37. The van der Waals surface area contributed by atoms with Crippen LogP contribution in [0.1, 0.15) is 23.2 Å². The van der Waals surface area contributed by atoms with Gasteiger partial charge < -0.3 is 9.64 Å². The van der Waals surface area contributed by atoms with Crippen molar-refractivity contribution < 1.29 is 17.9 Å². The Kier molecular flexibility index (Phi) is 3.50. The molecular formula is C16H15N3O4S. The van der Waals surface area contributed by atoms with E-state index in [1.807, 2.05) is 4.90 Å². The molecule has 1 aromatic heterocycles. The number of nitrogens with zero attached hydrogens (tertiary/aromatic N) is 2. The first-order valence-electron chi connectivity index (χ1n) is 7.60. The van der Waals surface area contributed by atoms with E-state index >= 15 is 0 Å². The van der Waals surface area contributed by atoms with Crippen LogP contribution >= 0.6 is 0 Å². The van der Waals surface area contributed by atoms with Crippen LogP contribution in [0.25, 0.3) is 0 Å². The number of aromatic nitrogens is 1. The predicted octanol–water partition coefficient (Wildman–Crippen LogP) is 1.52. The topological polar surface area (TPSA) is 88.6 Å². The van der Waals surface area contributed by atoms with E-state index in [4.69, 9.17) is 4.74 Å². The van der Waals surface area contributed by atoms with Crippen molar-refractivity contribution in [1.29, 1.82) is 0 Å². The number of carbonyl (C=O) groups excluding carboxylic acids is 1. The molecule has 124 valence electrons. The fourth-order valence-electron chi connectivity index (χ4n) is 3.08. The van der Waals surface area contributed by atoms with Crippen LogP contribution < -0.4 is 14.4 Å². The first kappa shape index (κ1) is 15.1. The molecule has 0 spiro atoms. The summed E-state index contributed by atoms with van der Waals surface area (Å²) in [5.41, 5.74) is 0.952. The SMILES string of the molecule is O=C(Oc1ccc2c(c1)S(=O)(=O)NC1CCCN21)c1cccnc1. The Morgan fingerprint density at radius 2 is 2.21 bits per heavy atom. The highest BCUT2D eigenvalue weighted by molar-refractivity contribution is 7.89. The summed E-state index contributed by atoms with van der Waals surface area (Å²) >= 11 is 0. The molecule has 0 amide bonds. The third-order valence-corrected chi connectivity index (χ3v) is 5.67. The van der Waals surface area contributed by atoms with Crippen LogP contribution in [0.3, 0.4) is 0 Å². The van der Waals surface area contributed by atoms with E-state index in [1.165, 1.54) is 12.3 Å². The summed E-state index contributed by atoms with van der Waals surface area (Å²) < 4.78 is 32.8. The Labute approximate surface area is 139 Å². The number of esters is 1. The zero-order valence-electron chi connectivity index (χ0n) is 12.7. The Hall–Kier alpha value is -2.45. The molecule has 8 heteroatoms. The number of pyridine rings is 1. The lowest BCUT2D eigenvalue weighted by molar-refractivity contribution is 0.0734. The van der Waals surface area contributed by atoms with Gasteiger partial charge in [0, 0.05) is 25.0 Å². The van der Waals surface area contributed by atoms with Crippen LogP contribution in [-0.2, 0) is 10.0 Å². The van der Waals surface area contributed by atoms with Crippen molar-refractivity contribution in [3.05, 3.63) is 48.3 Å². The normalized spacial score (nSPS) is 21.0. The molecule has 1 atom stereocenters. The molecule has 0 aliphatic carbocycles. The number of fused-ring (bicyclic) bond motifs is 3. The van der Waals surface area contributed by atoms with Crippen molar-refractivity contribution in [2.75, 3.05) is 11.4 Å². The van der Waals surface area contributed by atoms with E-state index in [9.17, 15) is 13.2 Å². The van der Waals surface area contributed by atoms with E-state index in [-0.39, 0.29) is 16.8 Å². The fourth-order valence-corrected chi connectivity index (χ4v) is 4.54. The van der Waals surface area contributed by atoms with E-state index in [0.29, 0.717) is 11.3 Å². The molecule has 1 unspecified atom stereocenters. The molecule has 3 heterocycles. The summed E-state index contributed by atoms with van der Waals surface area (Å²) in [7, 11) is -3.61. The maximum absolute atomic E-state index is 12.4. The zero-order chi connectivity index (χ0) is 16.7. The molecule has 2 aromatic rings. The van der Waals surface area contributed by atoms with Gasteiger partial charge in [0.1, 0.15) is 10.6 Å². The van der Waals surface area contributed by atoms with Gasteiger partial charge in [-0.2, -0.15) is 4.72 Å². The van der Waals surface area contributed by atoms with E-state index < -0.39 is 16.0 Å². The summed E-state index contributed by atoms with van der Waals surface area (Å²) in [5, 5.41) is 0. The zero-order valence-corrected chi connectivity index (χ0v) is 13.5. The van der Waals surface area contributed by atoms with Crippen LogP contribution in [0.4, 0.5) is 5.69 Å². The lowest BCUT2D eigenvalue weighted by Crippen LogP contribution is -2.48. The number of carbonyl (C=O) groups is 1. The third kappa shape index (κ3) is 2.53. The van der Waals surface area contributed by atoms with Gasteiger partial charge in [-0.15, -0.1) is 0 Å². The lowest BCUT2D eigenvalue weighted by atomic mass is 10.2. The van der Waals surface area contributed by atoms with Gasteiger partial charge in [-0.25, -0.2) is 13.2 Å². The molecule has 1 fully saturated rings. The number of sulfonamides is 1. The van der Waals surface area contributed by atoms with Crippen molar-refractivity contribution in [1.82, 2.24) is 9.71 Å². The largest absolute Gasteiger partial charge is 0.423 e. The van der Waals surface area contributed by atoms with Gasteiger partial charge >= 0.3 is 5.97 Å². The minimum atomic E-state index is -3.61. The van der Waals surface area contributed by atoms with Crippen LogP contribution in [-0.4, -0.2) is 32.1 Å². The molecule has 0 saturated carbocycles. The molecule has 1 N–H and O–H groups in total. The summed E-state index contributed by atoms with van der Waals surface area (Å²) in [6.07, 6.45) is 4.49. The van der Waals surface area contributed by atoms with Crippen LogP contribution in [0, 0.1) is 0 Å². The van der Waals surface area contributed by atoms with Crippen LogP contribution in [0.2, 0.25) is 0 Å². The number of rotatable bonds is 2. The first-order valence-corrected chi connectivity index (χ1v) is 9.08. The second-order valence-electron chi connectivity index (χ2n) is 5.73. The molecule has 4 rings (SSSR count). The van der Waals surface area contributed by atoms with E-state index in [1.54, 1.807) is 30.5 Å². The molecule has 1 aromatic carbocycles. The molecule has 0 radical (unpaired) electrons. The number of benzene rings is 1. The van der Waals surface area contributed by atoms with Crippen LogP contribution in [0.15, 0.2) is 47.6 Å². The molecular weight excluding hydrogens is 330 g/mol. The Bertz CT molecular complexity index is 899. The maximum Gasteiger partial charge on any atom is 0.345 e. The fraction of sp³-hybridized carbons (Fsp3) is 0.250. The van der Waals surface area contributed by atoms with E-state index in [2.05, 4.69) is 9.71 Å². The summed E-state index contributed by atoms with van der Waals surface area (Å²) in [5.74, 6) is -0.395. The van der Waals surface area contributed by atoms with Gasteiger partial charge in [0.15, 0.2) is 0 Å². The summed E-state index contributed by atoms with van der Waals surface area (Å²) in [6.45, 7) is 0.801. The van der Waals surface area contributed by atoms with Crippen molar-refractivity contribution in [2.24, 2.45) is 0 Å². The van der Waals surface area contributed by atoms with Crippen molar-refractivity contribution in [3.63, 3.8) is 0 Å². The Morgan fingerprint density at radius 1 is 1.33 bits per heavy atom. The predicted molar refractivity (Wildman–Crippen MR) is 86.3 cm³/mol. The second-order valence-corrected chi connectivity index (χ2v) is 7.42.